The summed E-state index contributed by atoms with van der Waals surface area (Å²) in [6.45, 7) is 0. The molecule has 6 nitrogen and oxygen atoms in total. The van der Waals surface area contributed by atoms with Crippen LogP contribution in [0.25, 0.3) is 0 Å². The zero-order chi connectivity index (χ0) is 12.4. The molecule has 0 atom stereocenters. The van der Waals surface area contributed by atoms with E-state index in [9.17, 15) is 4.79 Å². The molecular formula is C10H8BrN3O3. The Labute approximate surface area is 105 Å². The van der Waals surface area contributed by atoms with E-state index >= 15 is 0 Å². The molecule has 0 saturated carbocycles. The van der Waals surface area contributed by atoms with E-state index in [1.165, 1.54) is 4.68 Å². The third kappa shape index (κ3) is 2.28. The molecule has 0 amide bonds. The van der Waals surface area contributed by atoms with Gasteiger partial charge in [0, 0.05) is 7.05 Å². The summed E-state index contributed by atoms with van der Waals surface area (Å²) in [5.41, 5.74) is -0.219. The lowest BCUT2D eigenvalue weighted by Crippen LogP contribution is -2.02. The molecule has 0 bridgehead atoms. The Morgan fingerprint density at radius 1 is 1.47 bits per heavy atom. The summed E-state index contributed by atoms with van der Waals surface area (Å²) in [7, 11) is 1.56. The Morgan fingerprint density at radius 3 is 2.82 bits per heavy atom. The fraction of sp³-hybridized carbons (Fsp3) is 0.100. The number of nitrogens with zero attached hydrogens (tertiary/aromatic N) is 3. The number of aromatic nitrogens is 3. The third-order valence-corrected chi connectivity index (χ3v) is 2.68. The van der Waals surface area contributed by atoms with Crippen LogP contribution in [-0.4, -0.2) is 26.1 Å². The molecule has 0 spiro atoms. The lowest BCUT2D eigenvalue weighted by atomic mass is 10.3. The largest absolute Gasteiger partial charge is 0.476 e. The topological polar surface area (TPSA) is 77.2 Å². The molecule has 0 fully saturated rings. The number of para-hydroxylation sites is 1. The number of hydrogen-bond acceptors (Lipinski definition) is 4. The normalized spacial score (nSPS) is 10.2. The minimum Gasteiger partial charge on any atom is -0.476 e. The highest BCUT2D eigenvalue weighted by atomic mass is 79.9. The molecule has 0 aliphatic heterocycles. The van der Waals surface area contributed by atoms with Crippen LogP contribution in [0.4, 0.5) is 0 Å². The molecule has 0 aliphatic carbocycles. The van der Waals surface area contributed by atoms with Gasteiger partial charge < -0.3 is 9.84 Å². The summed E-state index contributed by atoms with van der Waals surface area (Å²) in [5.74, 6) is -0.593. The van der Waals surface area contributed by atoms with Gasteiger partial charge in [0.1, 0.15) is 5.75 Å². The van der Waals surface area contributed by atoms with Crippen LogP contribution in [0.5, 0.6) is 11.6 Å². The van der Waals surface area contributed by atoms with E-state index in [1.807, 2.05) is 6.07 Å². The van der Waals surface area contributed by atoms with Gasteiger partial charge in [0.15, 0.2) is 0 Å². The molecule has 1 heterocycles. The molecule has 0 aliphatic rings. The number of carboxylic acid groups (broad SMARTS) is 1. The molecule has 1 aromatic heterocycles. The molecule has 2 aromatic rings. The first kappa shape index (κ1) is 11.6. The van der Waals surface area contributed by atoms with Gasteiger partial charge in [-0.3, -0.25) is 0 Å². The number of carboxylic acids is 1. The molecular weight excluding hydrogens is 290 g/mol. The van der Waals surface area contributed by atoms with Crippen molar-refractivity contribution in [1.82, 2.24) is 15.0 Å². The first-order chi connectivity index (χ1) is 8.09. The fourth-order valence-electron chi connectivity index (χ4n) is 1.23. The number of aryl methyl sites for hydroxylation is 1. The summed E-state index contributed by atoms with van der Waals surface area (Å²) >= 11 is 3.31. The van der Waals surface area contributed by atoms with Gasteiger partial charge in [-0.2, -0.15) is 0 Å². The molecule has 0 saturated heterocycles. The predicted molar refractivity (Wildman–Crippen MR) is 62.2 cm³/mol. The van der Waals surface area contributed by atoms with Crippen molar-refractivity contribution in [3.63, 3.8) is 0 Å². The number of carbonyl (C=O) groups is 1. The number of halogens is 1. The van der Waals surface area contributed by atoms with Crippen molar-refractivity contribution in [1.29, 1.82) is 0 Å². The second-order valence-electron chi connectivity index (χ2n) is 3.20. The van der Waals surface area contributed by atoms with Crippen LogP contribution in [0.3, 0.4) is 0 Å². The van der Waals surface area contributed by atoms with E-state index in [0.717, 1.165) is 4.47 Å². The van der Waals surface area contributed by atoms with Crippen LogP contribution < -0.4 is 4.74 Å². The Kier molecular flexibility index (Phi) is 3.10. The predicted octanol–water partition coefficient (Wildman–Crippen LogP) is 2.07. The van der Waals surface area contributed by atoms with Gasteiger partial charge in [-0.1, -0.05) is 17.3 Å². The van der Waals surface area contributed by atoms with Crippen LogP contribution in [0, 0.1) is 0 Å². The molecule has 7 heteroatoms. The van der Waals surface area contributed by atoms with Gasteiger partial charge >= 0.3 is 5.97 Å². The van der Waals surface area contributed by atoms with Crippen molar-refractivity contribution >= 4 is 21.9 Å². The Balaban J connectivity index is 2.39. The van der Waals surface area contributed by atoms with Gasteiger partial charge in [0.05, 0.1) is 4.47 Å². The first-order valence-electron chi connectivity index (χ1n) is 4.65. The van der Waals surface area contributed by atoms with Gasteiger partial charge in [0.2, 0.25) is 5.69 Å². The number of aromatic carboxylic acids is 1. The molecule has 0 unspecified atom stereocenters. The van der Waals surface area contributed by atoms with Crippen LogP contribution in [0.2, 0.25) is 0 Å². The number of hydrogen-bond donors (Lipinski definition) is 1. The summed E-state index contributed by atoms with van der Waals surface area (Å²) in [5, 5.41) is 16.0. The smallest absolute Gasteiger partial charge is 0.362 e. The van der Waals surface area contributed by atoms with Crippen molar-refractivity contribution in [2.45, 2.75) is 0 Å². The second kappa shape index (κ2) is 4.54. The highest BCUT2D eigenvalue weighted by Crippen LogP contribution is 2.29. The van der Waals surface area contributed by atoms with Crippen LogP contribution >= 0.6 is 15.9 Å². The summed E-state index contributed by atoms with van der Waals surface area (Å²) in [6, 6.07) is 7.11. The zero-order valence-electron chi connectivity index (χ0n) is 8.79. The van der Waals surface area contributed by atoms with E-state index in [2.05, 4.69) is 26.2 Å². The maximum absolute atomic E-state index is 10.9. The summed E-state index contributed by atoms with van der Waals surface area (Å²) in [4.78, 5) is 10.9. The van der Waals surface area contributed by atoms with Crippen LogP contribution in [-0.2, 0) is 7.05 Å². The molecule has 2 rings (SSSR count). The van der Waals surface area contributed by atoms with E-state index < -0.39 is 5.97 Å². The van der Waals surface area contributed by atoms with Crippen LogP contribution in [0.1, 0.15) is 10.5 Å². The molecule has 17 heavy (non-hydrogen) atoms. The first-order valence-corrected chi connectivity index (χ1v) is 5.44. The third-order valence-electron chi connectivity index (χ3n) is 2.02. The Morgan fingerprint density at radius 2 is 2.18 bits per heavy atom. The maximum atomic E-state index is 10.9. The molecule has 1 N–H and O–H groups in total. The molecule has 1 aromatic carbocycles. The quantitative estimate of drug-likeness (QED) is 0.938. The monoisotopic (exact) mass is 297 g/mol. The van der Waals surface area contributed by atoms with Gasteiger partial charge in [-0.15, -0.1) is 5.10 Å². The maximum Gasteiger partial charge on any atom is 0.362 e. The zero-order valence-corrected chi connectivity index (χ0v) is 10.4. The lowest BCUT2D eigenvalue weighted by molar-refractivity contribution is 0.0687. The van der Waals surface area contributed by atoms with Gasteiger partial charge in [-0.05, 0) is 28.1 Å². The van der Waals surface area contributed by atoms with Crippen molar-refractivity contribution in [3.8, 4) is 11.6 Å². The minimum atomic E-state index is -1.18. The minimum absolute atomic E-state index is 0.0874. The number of benzene rings is 1. The summed E-state index contributed by atoms with van der Waals surface area (Å²) < 4.78 is 7.47. The molecule has 0 radical (unpaired) electrons. The van der Waals surface area contributed by atoms with E-state index in [1.54, 1.807) is 25.2 Å². The van der Waals surface area contributed by atoms with E-state index in [0.29, 0.717) is 5.75 Å². The van der Waals surface area contributed by atoms with E-state index in [4.69, 9.17) is 9.84 Å². The highest BCUT2D eigenvalue weighted by Gasteiger charge is 2.20. The SMILES string of the molecule is Cn1nnc(C(=O)O)c1Oc1ccccc1Br. The second-order valence-corrected chi connectivity index (χ2v) is 4.06. The van der Waals surface area contributed by atoms with Gasteiger partial charge in [0.25, 0.3) is 5.88 Å². The summed E-state index contributed by atoms with van der Waals surface area (Å²) in [6.07, 6.45) is 0. The average Bonchev–Trinajstić information content (AvgIpc) is 2.64. The fourth-order valence-corrected chi connectivity index (χ4v) is 1.59. The van der Waals surface area contributed by atoms with Crippen LogP contribution in [0.15, 0.2) is 28.7 Å². The Bertz CT molecular complexity index is 568. The van der Waals surface area contributed by atoms with Gasteiger partial charge in [-0.25, -0.2) is 9.48 Å². The van der Waals surface area contributed by atoms with Crippen molar-refractivity contribution in [2.24, 2.45) is 7.05 Å². The number of rotatable bonds is 3. The van der Waals surface area contributed by atoms with E-state index in [-0.39, 0.29) is 11.6 Å². The standard InChI is InChI=1S/C10H8BrN3O3/c1-14-9(8(10(15)16)12-13-14)17-7-5-3-2-4-6(7)11/h2-5H,1H3,(H,15,16). The highest BCUT2D eigenvalue weighted by molar-refractivity contribution is 9.10. The van der Waals surface area contributed by atoms with Crippen molar-refractivity contribution < 1.29 is 14.6 Å². The lowest BCUT2D eigenvalue weighted by Gasteiger charge is -2.07. The molecule has 88 valence electrons. The average molecular weight is 298 g/mol. The Hall–Kier alpha value is -1.89. The van der Waals surface area contributed by atoms with Crippen molar-refractivity contribution in [2.75, 3.05) is 0 Å². The number of ether oxygens (including phenoxy) is 1. The van der Waals surface area contributed by atoms with Crippen molar-refractivity contribution in [3.05, 3.63) is 34.4 Å².